The van der Waals surface area contributed by atoms with Crippen LogP contribution in [0.2, 0.25) is 0 Å². The molecule has 1 amide bonds. The number of ether oxygens (including phenoxy) is 2. The summed E-state index contributed by atoms with van der Waals surface area (Å²) in [5.74, 6) is -1.16. The zero-order chi connectivity index (χ0) is 18.4. The monoisotopic (exact) mass is 371 g/mol. The summed E-state index contributed by atoms with van der Waals surface area (Å²) in [6, 6.07) is -0.774. The number of aliphatic hydroxyl groups is 1. The van der Waals surface area contributed by atoms with Crippen molar-refractivity contribution in [2.45, 2.75) is 56.1 Å². The van der Waals surface area contributed by atoms with Crippen LogP contribution in [0.1, 0.15) is 33.1 Å². The second-order valence-corrected chi connectivity index (χ2v) is 8.56. The van der Waals surface area contributed by atoms with Gasteiger partial charge in [0, 0.05) is 17.9 Å². The van der Waals surface area contributed by atoms with Crippen molar-refractivity contribution in [1.82, 2.24) is 5.32 Å². The highest BCUT2D eigenvalue weighted by molar-refractivity contribution is 8.00. The standard InChI is InChI=1S/C17H25NO6S/c1-8-6-10-4-5-12-17(10,22)13(16(21)24-12)14(8)25-7-11(15(20)23-3)18-9(2)19/h8,10-14,22H,4-7H2,1-3H3,(H,18,19)/t8-,10+,11-,12+,13+,14+,17+/m0/s1. The molecule has 2 aliphatic carbocycles. The van der Waals surface area contributed by atoms with E-state index in [-0.39, 0.29) is 34.7 Å². The van der Waals surface area contributed by atoms with E-state index in [0.717, 1.165) is 12.8 Å². The molecule has 2 saturated carbocycles. The van der Waals surface area contributed by atoms with Gasteiger partial charge in [-0.05, 0) is 31.1 Å². The lowest BCUT2D eigenvalue weighted by Crippen LogP contribution is -2.56. The molecule has 8 heteroatoms. The molecule has 2 N–H and O–H groups in total. The molecule has 0 unspecified atom stereocenters. The van der Waals surface area contributed by atoms with E-state index in [2.05, 4.69) is 12.2 Å². The van der Waals surface area contributed by atoms with Gasteiger partial charge in [0.25, 0.3) is 0 Å². The first-order valence-corrected chi connectivity index (χ1v) is 9.73. The van der Waals surface area contributed by atoms with E-state index < -0.39 is 29.6 Å². The summed E-state index contributed by atoms with van der Waals surface area (Å²) >= 11 is 1.43. The summed E-state index contributed by atoms with van der Waals surface area (Å²) in [4.78, 5) is 35.6. The lowest BCUT2D eigenvalue weighted by molar-refractivity contribution is -0.145. The summed E-state index contributed by atoms with van der Waals surface area (Å²) in [7, 11) is 1.27. The third-order valence-corrected chi connectivity index (χ3v) is 7.47. The average molecular weight is 371 g/mol. The molecule has 0 aromatic rings. The molecular weight excluding hydrogens is 346 g/mol. The highest BCUT2D eigenvalue weighted by Crippen LogP contribution is 2.58. The first-order chi connectivity index (χ1) is 11.8. The van der Waals surface area contributed by atoms with Gasteiger partial charge < -0.3 is 19.9 Å². The summed E-state index contributed by atoms with van der Waals surface area (Å²) in [6.07, 6.45) is 2.02. The number of esters is 2. The van der Waals surface area contributed by atoms with Crippen LogP contribution in [-0.2, 0) is 23.9 Å². The second kappa shape index (κ2) is 6.79. The van der Waals surface area contributed by atoms with Gasteiger partial charge in [-0.1, -0.05) is 6.92 Å². The van der Waals surface area contributed by atoms with Gasteiger partial charge in [-0.25, -0.2) is 4.79 Å². The minimum absolute atomic E-state index is 0.0903. The number of carbonyl (C=O) groups excluding carboxylic acids is 3. The second-order valence-electron chi connectivity index (χ2n) is 7.35. The zero-order valence-corrected chi connectivity index (χ0v) is 15.5. The predicted molar refractivity (Wildman–Crippen MR) is 90.7 cm³/mol. The number of rotatable bonds is 5. The molecule has 7 nitrogen and oxygen atoms in total. The molecule has 3 aliphatic rings. The highest BCUT2D eigenvalue weighted by atomic mass is 32.2. The molecule has 140 valence electrons. The molecule has 0 radical (unpaired) electrons. The Labute approximate surface area is 151 Å². The van der Waals surface area contributed by atoms with Gasteiger partial charge >= 0.3 is 11.9 Å². The Morgan fingerprint density at radius 1 is 1.48 bits per heavy atom. The number of methoxy groups -OCH3 is 1. The van der Waals surface area contributed by atoms with Crippen LogP contribution in [0, 0.1) is 17.8 Å². The topological polar surface area (TPSA) is 102 Å². The summed E-state index contributed by atoms with van der Waals surface area (Å²) in [6.45, 7) is 3.41. The molecule has 1 aliphatic heterocycles. The first kappa shape index (κ1) is 18.5. The van der Waals surface area contributed by atoms with Gasteiger partial charge in [0.2, 0.25) is 5.91 Å². The van der Waals surface area contributed by atoms with E-state index in [1.807, 2.05) is 0 Å². The van der Waals surface area contributed by atoms with Crippen LogP contribution in [0.25, 0.3) is 0 Å². The minimum atomic E-state index is -1.09. The number of nitrogens with one attached hydrogen (secondary N) is 1. The van der Waals surface area contributed by atoms with Crippen molar-refractivity contribution in [2.24, 2.45) is 17.8 Å². The Balaban J connectivity index is 1.75. The molecule has 3 rings (SSSR count). The number of amides is 1. The van der Waals surface area contributed by atoms with Crippen molar-refractivity contribution in [3.05, 3.63) is 0 Å². The fraction of sp³-hybridized carbons (Fsp3) is 0.824. The number of thioether (sulfide) groups is 1. The predicted octanol–water partition coefficient (Wildman–Crippen LogP) is 0.488. The van der Waals surface area contributed by atoms with Crippen LogP contribution >= 0.6 is 11.8 Å². The summed E-state index contributed by atoms with van der Waals surface area (Å²) in [5, 5.41) is 13.6. The van der Waals surface area contributed by atoms with E-state index in [4.69, 9.17) is 9.47 Å². The van der Waals surface area contributed by atoms with E-state index >= 15 is 0 Å². The molecule has 1 heterocycles. The van der Waals surface area contributed by atoms with Crippen LogP contribution in [0.4, 0.5) is 0 Å². The lowest BCUT2D eigenvalue weighted by Gasteiger charge is -2.44. The third kappa shape index (κ3) is 3.03. The zero-order valence-electron chi connectivity index (χ0n) is 14.7. The molecule has 3 fully saturated rings. The van der Waals surface area contributed by atoms with Crippen LogP contribution in [0.5, 0.6) is 0 Å². The summed E-state index contributed by atoms with van der Waals surface area (Å²) < 4.78 is 10.2. The Hall–Kier alpha value is -1.28. The number of hydrogen-bond donors (Lipinski definition) is 2. The van der Waals surface area contributed by atoms with Crippen molar-refractivity contribution in [3.8, 4) is 0 Å². The molecule has 1 saturated heterocycles. The van der Waals surface area contributed by atoms with Crippen LogP contribution < -0.4 is 5.32 Å². The smallest absolute Gasteiger partial charge is 0.329 e. The molecule has 0 aromatic heterocycles. The van der Waals surface area contributed by atoms with E-state index in [0.29, 0.717) is 6.42 Å². The molecule has 0 spiro atoms. The third-order valence-electron chi connectivity index (χ3n) is 5.82. The van der Waals surface area contributed by atoms with Gasteiger partial charge in [-0.3, -0.25) is 9.59 Å². The van der Waals surface area contributed by atoms with E-state index in [9.17, 15) is 19.5 Å². The van der Waals surface area contributed by atoms with Crippen molar-refractivity contribution < 1.29 is 29.0 Å². The number of hydrogen-bond acceptors (Lipinski definition) is 7. The van der Waals surface area contributed by atoms with Gasteiger partial charge in [-0.15, -0.1) is 0 Å². The Morgan fingerprint density at radius 3 is 2.84 bits per heavy atom. The van der Waals surface area contributed by atoms with Gasteiger partial charge in [0.05, 0.1) is 7.11 Å². The van der Waals surface area contributed by atoms with Gasteiger partial charge in [0.15, 0.2) is 0 Å². The Kier molecular flexibility index (Phi) is 5.03. The highest BCUT2D eigenvalue weighted by Gasteiger charge is 2.68. The molecule has 25 heavy (non-hydrogen) atoms. The maximum atomic E-state index is 12.4. The van der Waals surface area contributed by atoms with Crippen molar-refractivity contribution in [3.63, 3.8) is 0 Å². The van der Waals surface area contributed by atoms with Crippen LogP contribution in [0.15, 0.2) is 0 Å². The van der Waals surface area contributed by atoms with Crippen LogP contribution in [0.3, 0.4) is 0 Å². The van der Waals surface area contributed by atoms with E-state index in [1.54, 1.807) is 0 Å². The van der Waals surface area contributed by atoms with Crippen LogP contribution in [-0.4, -0.2) is 58.8 Å². The molecule has 0 bridgehead atoms. The maximum Gasteiger partial charge on any atom is 0.329 e. The lowest BCUT2D eigenvalue weighted by atomic mass is 9.66. The SMILES string of the molecule is COC(=O)[C@H](CS[C@@H]1[C@@H](C)C[C@H]2CC[C@H]3OC(=O)[C@@H]1[C@@]23O)NC(C)=O. The molecule has 7 atom stereocenters. The Morgan fingerprint density at radius 2 is 2.20 bits per heavy atom. The number of carbonyl (C=O) groups is 3. The Bertz CT molecular complexity index is 583. The molecule has 0 aromatic carbocycles. The quantitative estimate of drug-likeness (QED) is 0.678. The molecular formula is C17H25NO6S. The van der Waals surface area contributed by atoms with Crippen molar-refractivity contribution in [2.75, 3.05) is 12.9 Å². The van der Waals surface area contributed by atoms with Gasteiger partial charge in [-0.2, -0.15) is 11.8 Å². The van der Waals surface area contributed by atoms with E-state index in [1.165, 1.54) is 25.8 Å². The average Bonchev–Trinajstić information content (AvgIpc) is 2.99. The van der Waals surface area contributed by atoms with Crippen molar-refractivity contribution in [1.29, 1.82) is 0 Å². The minimum Gasteiger partial charge on any atom is -0.467 e. The fourth-order valence-electron chi connectivity index (χ4n) is 4.73. The van der Waals surface area contributed by atoms with Gasteiger partial charge in [0.1, 0.15) is 23.7 Å². The largest absolute Gasteiger partial charge is 0.467 e. The van der Waals surface area contributed by atoms with Crippen molar-refractivity contribution >= 4 is 29.6 Å². The maximum absolute atomic E-state index is 12.4. The normalized spacial score (nSPS) is 40.2. The first-order valence-electron chi connectivity index (χ1n) is 8.68. The summed E-state index contributed by atoms with van der Waals surface area (Å²) in [5.41, 5.74) is -1.09. The fourth-order valence-corrected chi connectivity index (χ4v) is 6.32.